The molecule has 1 heterocycles. The van der Waals surface area contributed by atoms with Crippen LogP contribution in [-0.4, -0.2) is 48.6 Å². The smallest absolute Gasteiger partial charge is 0.237 e. The van der Waals surface area contributed by atoms with E-state index in [9.17, 15) is 4.79 Å². The molecule has 1 fully saturated rings. The van der Waals surface area contributed by atoms with E-state index in [-0.39, 0.29) is 17.5 Å². The highest BCUT2D eigenvalue weighted by Crippen LogP contribution is 2.19. The Morgan fingerprint density at radius 3 is 2.94 bits per heavy atom. The summed E-state index contributed by atoms with van der Waals surface area (Å²) in [7, 11) is 0. The molecule has 1 saturated heterocycles. The summed E-state index contributed by atoms with van der Waals surface area (Å²) in [6.07, 6.45) is 5.12. The quantitative estimate of drug-likeness (QED) is 0.652. The lowest BCUT2D eigenvalue weighted by Gasteiger charge is -2.45. The number of hydrogen-bond donors (Lipinski definition) is 2. The number of carbonyl (C=O) groups is 1. The third-order valence-electron chi connectivity index (χ3n) is 3.08. The molecule has 16 heavy (non-hydrogen) atoms. The number of piperazine rings is 1. The summed E-state index contributed by atoms with van der Waals surface area (Å²) in [5.74, 6) is 2.42. The Morgan fingerprint density at radius 1 is 1.69 bits per heavy atom. The van der Waals surface area contributed by atoms with Crippen molar-refractivity contribution in [3.63, 3.8) is 0 Å². The summed E-state index contributed by atoms with van der Waals surface area (Å²) in [6, 6.07) is -0.134. The Balaban J connectivity index is 2.61. The van der Waals surface area contributed by atoms with E-state index >= 15 is 0 Å². The third-order valence-corrected chi connectivity index (χ3v) is 3.08. The van der Waals surface area contributed by atoms with Crippen molar-refractivity contribution >= 4 is 5.91 Å². The maximum atomic E-state index is 11.8. The monoisotopic (exact) mass is 223 g/mol. The Morgan fingerprint density at radius 2 is 2.38 bits per heavy atom. The van der Waals surface area contributed by atoms with Crippen LogP contribution in [0.5, 0.6) is 0 Å². The minimum absolute atomic E-state index is 0.00511. The van der Waals surface area contributed by atoms with Crippen LogP contribution in [0.4, 0.5) is 0 Å². The number of terminal acetylenes is 1. The number of rotatable bonds is 3. The molecule has 1 rings (SSSR count). The molecule has 0 aromatic rings. The second-order valence-electron chi connectivity index (χ2n) is 4.78. The number of amides is 1. The van der Waals surface area contributed by atoms with Crippen LogP contribution in [0.15, 0.2) is 0 Å². The molecule has 4 heteroatoms. The van der Waals surface area contributed by atoms with E-state index in [1.54, 1.807) is 0 Å². The summed E-state index contributed by atoms with van der Waals surface area (Å²) in [5.41, 5.74) is 0.00511. The molecule has 1 atom stereocenters. The first-order valence-corrected chi connectivity index (χ1v) is 5.67. The van der Waals surface area contributed by atoms with Crippen molar-refractivity contribution in [2.75, 3.05) is 26.2 Å². The maximum Gasteiger partial charge on any atom is 0.237 e. The van der Waals surface area contributed by atoms with Crippen LogP contribution < -0.4 is 10.6 Å². The lowest BCUT2D eigenvalue weighted by Crippen LogP contribution is -2.63. The van der Waals surface area contributed by atoms with E-state index in [1.807, 2.05) is 6.92 Å². The normalized spacial score (nSPS) is 22.1. The molecule has 0 aromatic heterocycles. The molecule has 0 spiro atoms. The van der Waals surface area contributed by atoms with Gasteiger partial charge in [-0.1, -0.05) is 5.92 Å². The topological polar surface area (TPSA) is 44.4 Å². The van der Waals surface area contributed by atoms with Gasteiger partial charge in [0.15, 0.2) is 0 Å². The van der Waals surface area contributed by atoms with Gasteiger partial charge in [0.1, 0.15) is 0 Å². The predicted octanol–water partition coefficient (Wildman–Crippen LogP) is -0.192. The van der Waals surface area contributed by atoms with Gasteiger partial charge in [-0.3, -0.25) is 9.69 Å². The van der Waals surface area contributed by atoms with Crippen molar-refractivity contribution in [3.05, 3.63) is 0 Å². The van der Waals surface area contributed by atoms with Gasteiger partial charge in [-0.15, -0.1) is 6.42 Å². The van der Waals surface area contributed by atoms with Crippen molar-refractivity contribution in [1.29, 1.82) is 0 Å². The lowest BCUT2D eigenvalue weighted by molar-refractivity contribution is -0.128. The second kappa shape index (κ2) is 5.33. The summed E-state index contributed by atoms with van der Waals surface area (Å²) in [4.78, 5) is 14.0. The van der Waals surface area contributed by atoms with Crippen LogP contribution in [-0.2, 0) is 4.79 Å². The fourth-order valence-corrected chi connectivity index (χ4v) is 2.14. The minimum Gasteiger partial charge on any atom is -0.344 e. The zero-order chi connectivity index (χ0) is 12.2. The largest absolute Gasteiger partial charge is 0.344 e. The summed E-state index contributed by atoms with van der Waals surface area (Å²) in [5, 5.41) is 6.07. The fraction of sp³-hybridized carbons (Fsp3) is 0.750. The maximum absolute atomic E-state index is 11.8. The van der Waals surface area contributed by atoms with Crippen molar-refractivity contribution < 1.29 is 4.79 Å². The number of nitrogens with one attached hydrogen (secondary N) is 2. The number of hydrogen-bond acceptors (Lipinski definition) is 3. The van der Waals surface area contributed by atoms with Crippen LogP contribution in [0.1, 0.15) is 20.8 Å². The average molecular weight is 223 g/mol. The minimum atomic E-state index is -0.134. The summed E-state index contributed by atoms with van der Waals surface area (Å²) >= 11 is 0. The van der Waals surface area contributed by atoms with Gasteiger partial charge in [0.25, 0.3) is 0 Å². The zero-order valence-corrected chi connectivity index (χ0v) is 10.3. The van der Waals surface area contributed by atoms with Crippen LogP contribution >= 0.6 is 0 Å². The average Bonchev–Trinajstić information content (AvgIpc) is 2.24. The van der Waals surface area contributed by atoms with Gasteiger partial charge in [-0.05, 0) is 20.8 Å². The van der Waals surface area contributed by atoms with Gasteiger partial charge in [0, 0.05) is 25.2 Å². The van der Waals surface area contributed by atoms with E-state index in [1.165, 1.54) is 0 Å². The van der Waals surface area contributed by atoms with E-state index in [0.29, 0.717) is 6.54 Å². The molecule has 0 aromatic carbocycles. The van der Waals surface area contributed by atoms with Crippen molar-refractivity contribution in [3.8, 4) is 12.3 Å². The standard InChI is InChI=1S/C12H21N3O/c1-5-6-14-11(16)10(2)15-8-7-13-9-12(15,3)4/h1,10,13H,6-9H2,2-4H3,(H,14,16). The van der Waals surface area contributed by atoms with Gasteiger partial charge >= 0.3 is 0 Å². The van der Waals surface area contributed by atoms with Gasteiger partial charge in [-0.25, -0.2) is 0 Å². The molecule has 4 nitrogen and oxygen atoms in total. The highest BCUT2D eigenvalue weighted by Gasteiger charge is 2.35. The van der Waals surface area contributed by atoms with Gasteiger partial charge in [0.05, 0.1) is 12.6 Å². The molecular weight excluding hydrogens is 202 g/mol. The van der Waals surface area contributed by atoms with E-state index in [0.717, 1.165) is 19.6 Å². The van der Waals surface area contributed by atoms with Crippen LogP contribution in [0.2, 0.25) is 0 Å². The molecular formula is C12H21N3O. The molecule has 2 N–H and O–H groups in total. The molecule has 0 radical (unpaired) electrons. The molecule has 1 aliphatic rings. The van der Waals surface area contributed by atoms with E-state index in [2.05, 4.69) is 35.3 Å². The van der Waals surface area contributed by atoms with Crippen molar-refractivity contribution in [2.45, 2.75) is 32.4 Å². The van der Waals surface area contributed by atoms with Crippen LogP contribution in [0, 0.1) is 12.3 Å². The third kappa shape index (κ3) is 2.97. The zero-order valence-electron chi connectivity index (χ0n) is 10.3. The molecule has 0 bridgehead atoms. The fourth-order valence-electron chi connectivity index (χ4n) is 2.14. The SMILES string of the molecule is C#CCNC(=O)C(C)N1CCNCC1(C)C. The summed E-state index contributed by atoms with van der Waals surface area (Å²) < 4.78 is 0. The number of nitrogens with zero attached hydrogens (tertiary/aromatic N) is 1. The molecule has 1 unspecified atom stereocenters. The Hall–Kier alpha value is -1.05. The van der Waals surface area contributed by atoms with Gasteiger partial charge in [0.2, 0.25) is 5.91 Å². The van der Waals surface area contributed by atoms with Crippen molar-refractivity contribution in [1.82, 2.24) is 15.5 Å². The van der Waals surface area contributed by atoms with Gasteiger partial charge < -0.3 is 10.6 Å². The van der Waals surface area contributed by atoms with E-state index < -0.39 is 0 Å². The second-order valence-corrected chi connectivity index (χ2v) is 4.78. The van der Waals surface area contributed by atoms with Crippen molar-refractivity contribution in [2.24, 2.45) is 0 Å². The molecule has 1 aliphatic heterocycles. The molecule has 1 amide bonds. The van der Waals surface area contributed by atoms with Gasteiger partial charge in [-0.2, -0.15) is 0 Å². The highest BCUT2D eigenvalue weighted by molar-refractivity contribution is 5.81. The number of carbonyl (C=O) groups excluding carboxylic acids is 1. The molecule has 0 saturated carbocycles. The summed E-state index contributed by atoms with van der Waals surface area (Å²) in [6.45, 7) is 9.23. The Kier molecular flexibility index (Phi) is 4.34. The molecule has 0 aliphatic carbocycles. The lowest BCUT2D eigenvalue weighted by atomic mass is 9.97. The van der Waals surface area contributed by atoms with Crippen LogP contribution in [0.3, 0.4) is 0 Å². The molecule has 90 valence electrons. The first kappa shape index (κ1) is 13.0. The predicted molar refractivity (Wildman–Crippen MR) is 65.0 cm³/mol. The first-order valence-electron chi connectivity index (χ1n) is 5.67. The Labute approximate surface area is 97.8 Å². The first-order chi connectivity index (χ1) is 7.49. The Bertz CT molecular complexity index is 293. The van der Waals surface area contributed by atoms with E-state index in [4.69, 9.17) is 6.42 Å². The highest BCUT2D eigenvalue weighted by atomic mass is 16.2. The van der Waals surface area contributed by atoms with Crippen LogP contribution in [0.25, 0.3) is 0 Å².